The lowest BCUT2D eigenvalue weighted by molar-refractivity contribution is -0.123. The van der Waals surface area contributed by atoms with Crippen LogP contribution < -0.4 is 10.2 Å². The number of phenolic OH excluding ortho intramolecular Hbond substituents is 1. The highest BCUT2D eigenvalue weighted by Gasteiger charge is 2.64. The number of nitrogens with one attached hydrogen (secondary N) is 1. The summed E-state index contributed by atoms with van der Waals surface area (Å²) in [6.07, 6.45) is 6.35. The molecular weight excluding hydrogens is 292 g/mol. The van der Waals surface area contributed by atoms with E-state index in [2.05, 4.69) is 17.5 Å². The molecule has 3 atom stereocenters. The molecule has 3 rings (SSSR count). The highest BCUT2D eigenvalue weighted by atomic mass is 16.5. The predicted octanol–water partition coefficient (Wildman–Crippen LogP) is 3.07. The lowest BCUT2D eigenvalue weighted by Gasteiger charge is -2.15. The normalized spacial score (nSPS) is 29.1. The number of amides is 1. The molecule has 2 N–H and O–H groups in total. The summed E-state index contributed by atoms with van der Waals surface area (Å²) in [4.78, 5) is 12.3. The molecule has 5 nitrogen and oxygen atoms in total. The number of fused-ring (bicyclic) bond motifs is 1. The van der Waals surface area contributed by atoms with E-state index in [4.69, 9.17) is 4.74 Å². The highest BCUT2D eigenvalue weighted by Crippen LogP contribution is 2.66. The van der Waals surface area contributed by atoms with E-state index >= 15 is 0 Å². The topological polar surface area (TPSA) is 70.9 Å². The Hall–Kier alpha value is -2.04. The average molecular weight is 316 g/mol. The average Bonchev–Trinajstić information content (AvgIpc) is 3.16. The first-order valence-corrected chi connectivity index (χ1v) is 8.35. The van der Waals surface area contributed by atoms with Crippen molar-refractivity contribution < 1.29 is 14.6 Å². The smallest absolute Gasteiger partial charge is 0.244 e. The van der Waals surface area contributed by atoms with Gasteiger partial charge in [-0.1, -0.05) is 19.8 Å². The van der Waals surface area contributed by atoms with Crippen LogP contribution in [0.1, 0.15) is 45.1 Å². The number of phenols is 1. The van der Waals surface area contributed by atoms with Crippen molar-refractivity contribution in [3.8, 4) is 11.5 Å². The van der Waals surface area contributed by atoms with Gasteiger partial charge in [-0.15, -0.1) is 0 Å². The van der Waals surface area contributed by atoms with Gasteiger partial charge in [-0.25, -0.2) is 5.43 Å². The SMILES string of the molecule is CCOc1cc(/C=N\NC(=O)[C@@H]2[C@@H]3CCCC[C@@]23C)ccc1O. The van der Waals surface area contributed by atoms with E-state index in [1.54, 1.807) is 24.4 Å². The van der Waals surface area contributed by atoms with Crippen molar-refractivity contribution in [1.29, 1.82) is 0 Å². The molecule has 0 aromatic heterocycles. The zero-order valence-electron chi connectivity index (χ0n) is 13.7. The summed E-state index contributed by atoms with van der Waals surface area (Å²) in [5.41, 5.74) is 3.63. The molecule has 2 saturated carbocycles. The van der Waals surface area contributed by atoms with Gasteiger partial charge >= 0.3 is 0 Å². The number of hydrogen-bond acceptors (Lipinski definition) is 4. The first-order chi connectivity index (χ1) is 11.1. The summed E-state index contributed by atoms with van der Waals surface area (Å²) in [6, 6.07) is 4.99. The van der Waals surface area contributed by atoms with Gasteiger partial charge < -0.3 is 9.84 Å². The molecule has 0 unspecified atom stereocenters. The number of carbonyl (C=O) groups is 1. The largest absolute Gasteiger partial charge is 0.504 e. The van der Waals surface area contributed by atoms with Crippen LogP contribution in [0.3, 0.4) is 0 Å². The first-order valence-electron chi connectivity index (χ1n) is 8.35. The molecule has 2 aliphatic carbocycles. The minimum absolute atomic E-state index is 0.0273. The van der Waals surface area contributed by atoms with Crippen LogP contribution in [0.2, 0.25) is 0 Å². The summed E-state index contributed by atoms with van der Waals surface area (Å²) >= 11 is 0. The van der Waals surface area contributed by atoms with E-state index in [0.29, 0.717) is 18.3 Å². The van der Waals surface area contributed by atoms with Gasteiger partial charge in [0.2, 0.25) is 5.91 Å². The van der Waals surface area contributed by atoms with Gasteiger partial charge in [0.15, 0.2) is 11.5 Å². The number of ether oxygens (including phenoxy) is 1. The molecule has 23 heavy (non-hydrogen) atoms. The van der Waals surface area contributed by atoms with Crippen LogP contribution in [0.25, 0.3) is 0 Å². The van der Waals surface area contributed by atoms with E-state index in [-0.39, 0.29) is 23.0 Å². The molecule has 0 spiro atoms. The second-order valence-corrected chi connectivity index (χ2v) is 6.73. The summed E-state index contributed by atoms with van der Waals surface area (Å²) in [5, 5.41) is 13.7. The van der Waals surface area contributed by atoms with Crippen LogP contribution >= 0.6 is 0 Å². The van der Waals surface area contributed by atoms with Crippen molar-refractivity contribution >= 4 is 12.1 Å². The molecule has 1 aromatic carbocycles. The number of hydrazone groups is 1. The van der Waals surface area contributed by atoms with Crippen molar-refractivity contribution in [3.05, 3.63) is 23.8 Å². The number of carbonyl (C=O) groups excluding carboxylic acids is 1. The second-order valence-electron chi connectivity index (χ2n) is 6.73. The Morgan fingerprint density at radius 2 is 2.35 bits per heavy atom. The molecule has 1 amide bonds. The van der Waals surface area contributed by atoms with Crippen molar-refractivity contribution in [2.45, 2.75) is 39.5 Å². The van der Waals surface area contributed by atoms with E-state index in [9.17, 15) is 9.90 Å². The zero-order chi connectivity index (χ0) is 16.4. The van der Waals surface area contributed by atoms with Crippen LogP contribution in [-0.4, -0.2) is 23.8 Å². The Labute approximate surface area is 136 Å². The second kappa shape index (κ2) is 6.22. The van der Waals surface area contributed by atoms with Crippen LogP contribution in [0.15, 0.2) is 23.3 Å². The molecule has 1 aromatic rings. The van der Waals surface area contributed by atoms with Crippen LogP contribution in [0.4, 0.5) is 0 Å². The van der Waals surface area contributed by atoms with E-state index in [1.807, 2.05) is 6.92 Å². The highest BCUT2D eigenvalue weighted by molar-refractivity contribution is 5.86. The molecule has 0 saturated heterocycles. The maximum Gasteiger partial charge on any atom is 0.244 e. The molecule has 124 valence electrons. The van der Waals surface area contributed by atoms with Gasteiger partial charge in [0, 0.05) is 5.92 Å². The quantitative estimate of drug-likeness (QED) is 0.648. The molecule has 0 bridgehead atoms. The van der Waals surface area contributed by atoms with E-state index < -0.39 is 0 Å². The minimum Gasteiger partial charge on any atom is -0.504 e. The first kappa shape index (κ1) is 15.8. The fourth-order valence-electron chi connectivity index (χ4n) is 3.97. The molecule has 5 heteroatoms. The van der Waals surface area contributed by atoms with Crippen molar-refractivity contribution in [2.24, 2.45) is 22.4 Å². The lowest BCUT2D eigenvalue weighted by atomic mass is 9.90. The molecule has 2 fully saturated rings. The fourth-order valence-corrected chi connectivity index (χ4v) is 3.97. The Balaban J connectivity index is 1.59. The van der Waals surface area contributed by atoms with Crippen molar-refractivity contribution in [1.82, 2.24) is 5.43 Å². The summed E-state index contributed by atoms with van der Waals surface area (Å²) in [6.45, 7) is 4.56. The molecule has 0 aliphatic heterocycles. The summed E-state index contributed by atoms with van der Waals surface area (Å²) in [7, 11) is 0. The lowest BCUT2D eigenvalue weighted by Crippen LogP contribution is -2.22. The Morgan fingerprint density at radius 3 is 3.04 bits per heavy atom. The summed E-state index contributed by atoms with van der Waals surface area (Å²) < 4.78 is 5.33. The zero-order valence-corrected chi connectivity index (χ0v) is 13.7. The minimum atomic E-state index is 0.0273. The fraction of sp³-hybridized carbons (Fsp3) is 0.556. The monoisotopic (exact) mass is 316 g/mol. The number of nitrogens with zero attached hydrogens (tertiary/aromatic N) is 1. The summed E-state index contributed by atoms with van der Waals surface area (Å²) in [5.74, 6) is 1.19. The van der Waals surface area contributed by atoms with Gasteiger partial charge in [-0.05, 0) is 54.9 Å². The predicted molar refractivity (Wildman–Crippen MR) is 88.6 cm³/mol. The number of hydrogen-bond donors (Lipinski definition) is 2. The third-order valence-corrected chi connectivity index (χ3v) is 5.29. The molecular formula is C18H24N2O3. The molecule has 0 heterocycles. The standard InChI is InChI=1S/C18H24N2O3/c1-3-23-15-10-12(7-8-14(15)21)11-19-20-17(22)16-13-6-4-5-9-18(13,16)2/h7-8,10-11,13,16,21H,3-6,9H2,1-2H3,(H,20,22)/b19-11-/t13-,16-,18+/m0/s1. The van der Waals surface area contributed by atoms with E-state index in [0.717, 1.165) is 18.4 Å². The van der Waals surface area contributed by atoms with Crippen LogP contribution in [0, 0.1) is 17.3 Å². The Morgan fingerprint density at radius 1 is 1.52 bits per heavy atom. The van der Waals surface area contributed by atoms with Gasteiger partial charge in [0.1, 0.15) is 0 Å². The Bertz CT molecular complexity index is 629. The molecule has 0 radical (unpaired) electrons. The van der Waals surface area contributed by atoms with E-state index in [1.165, 1.54) is 12.8 Å². The van der Waals surface area contributed by atoms with Gasteiger partial charge in [0.25, 0.3) is 0 Å². The van der Waals surface area contributed by atoms with Gasteiger partial charge in [-0.3, -0.25) is 4.79 Å². The van der Waals surface area contributed by atoms with Gasteiger partial charge in [-0.2, -0.15) is 5.10 Å². The number of benzene rings is 1. The molecule has 2 aliphatic rings. The maximum absolute atomic E-state index is 12.3. The van der Waals surface area contributed by atoms with Crippen molar-refractivity contribution in [3.63, 3.8) is 0 Å². The van der Waals surface area contributed by atoms with Gasteiger partial charge in [0.05, 0.1) is 12.8 Å². The van der Waals surface area contributed by atoms with Crippen LogP contribution in [0.5, 0.6) is 11.5 Å². The Kier molecular flexibility index (Phi) is 4.28. The third kappa shape index (κ3) is 3.05. The van der Waals surface area contributed by atoms with Crippen molar-refractivity contribution in [2.75, 3.05) is 6.61 Å². The number of rotatable bonds is 5. The maximum atomic E-state index is 12.3. The van der Waals surface area contributed by atoms with Crippen LogP contribution in [-0.2, 0) is 4.79 Å². The number of aromatic hydroxyl groups is 1. The third-order valence-electron chi connectivity index (χ3n) is 5.29.